The van der Waals surface area contributed by atoms with Crippen LogP contribution < -0.4 is 14.8 Å². The molecule has 0 fully saturated rings. The molecule has 0 aliphatic rings. The molecule has 0 saturated carbocycles. The van der Waals surface area contributed by atoms with Crippen LogP contribution >= 0.6 is 0 Å². The first-order valence-electron chi connectivity index (χ1n) is 7.67. The SMILES string of the molecule is COc1ccc([C@H](C)NC(=O)[C@H](C)Oc2cccc(C)c2)cc1. The second kappa shape index (κ2) is 7.68. The van der Waals surface area contributed by atoms with Crippen LogP contribution in [0.25, 0.3) is 0 Å². The summed E-state index contributed by atoms with van der Waals surface area (Å²) < 4.78 is 10.8. The Balaban J connectivity index is 1.94. The van der Waals surface area contributed by atoms with Crippen LogP contribution in [0.1, 0.15) is 31.0 Å². The lowest BCUT2D eigenvalue weighted by atomic mass is 10.1. The van der Waals surface area contributed by atoms with Crippen molar-refractivity contribution >= 4 is 5.91 Å². The first-order valence-corrected chi connectivity index (χ1v) is 7.67. The molecular formula is C19H23NO3. The van der Waals surface area contributed by atoms with E-state index in [0.717, 1.165) is 16.9 Å². The second-order valence-electron chi connectivity index (χ2n) is 5.58. The summed E-state index contributed by atoms with van der Waals surface area (Å²) in [5.74, 6) is 1.35. The summed E-state index contributed by atoms with van der Waals surface area (Å²) in [4.78, 5) is 12.3. The number of hydrogen-bond donors (Lipinski definition) is 1. The third-order valence-corrected chi connectivity index (χ3v) is 3.65. The quantitative estimate of drug-likeness (QED) is 0.885. The molecule has 0 aliphatic carbocycles. The fraction of sp³-hybridized carbons (Fsp3) is 0.316. The smallest absolute Gasteiger partial charge is 0.261 e. The highest BCUT2D eigenvalue weighted by molar-refractivity contribution is 5.81. The molecule has 2 aromatic rings. The Morgan fingerprint density at radius 2 is 1.74 bits per heavy atom. The first-order chi connectivity index (χ1) is 11.0. The Morgan fingerprint density at radius 1 is 1.04 bits per heavy atom. The molecule has 0 spiro atoms. The van der Waals surface area contributed by atoms with Gasteiger partial charge in [-0.1, -0.05) is 24.3 Å². The molecule has 23 heavy (non-hydrogen) atoms. The minimum absolute atomic E-state index is 0.100. The molecule has 2 rings (SSSR count). The number of benzene rings is 2. The van der Waals surface area contributed by atoms with Crippen molar-refractivity contribution in [2.24, 2.45) is 0 Å². The maximum Gasteiger partial charge on any atom is 0.261 e. The molecule has 122 valence electrons. The maximum absolute atomic E-state index is 12.3. The number of hydrogen-bond acceptors (Lipinski definition) is 3. The summed E-state index contributed by atoms with van der Waals surface area (Å²) in [6, 6.07) is 15.2. The van der Waals surface area contributed by atoms with Gasteiger partial charge in [-0.2, -0.15) is 0 Å². The van der Waals surface area contributed by atoms with Crippen LogP contribution in [0.15, 0.2) is 48.5 Å². The van der Waals surface area contributed by atoms with Gasteiger partial charge in [-0.3, -0.25) is 4.79 Å². The molecule has 0 saturated heterocycles. The van der Waals surface area contributed by atoms with Gasteiger partial charge < -0.3 is 14.8 Å². The minimum atomic E-state index is -0.558. The molecule has 1 amide bonds. The van der Waals surface area contributed by atoms with Crippen molar-refractivity contribution in [1.29, 1.82) is 0 Å². The van der Waals surface area contributed by atoms with Crippen molar-refractivity contribution in [3.05, 3.63) is 59.7 Å². The molecule has 4 nitrogen and oxygen atoms in total. The third-order valence-electron chi connectivity index (χ3n) is 3.65. The summed E-state index contributed by atoms with van der Waals surface area (Å²) in [5, 5.41) is 2.96. The zero-order valence-electron chi connectivity index (χ0n) is 14.0. The number of carbonyl (C=O) groups excluding carboxylic acids is 1. The topological polar surface area (TPSA) is 47.6 Å². The van der Waals surface area contributed by atoms with Crippen LogP contribution in [0.5, 0.6) is 11.5 Å². The van der Waals surface area contributed by atoms with E-state index >= 15 is 0 Å². The number of ether oxygens (including phenoxy) is 2. The Bertz CT molecular complexity index is 652. The van der Waals surface area contributed by atoms with E-state index in [1.807, 2.05) is 62.4 Å². The zero-order valence-corrected chi connectivity index (χ0v) is 14.0. The summed E-state index contributed by atoms with van der Waals surface area (Å²) in [6.07, 6.45) is -0.558. The van der Waals surface area contributed by atoms with Crippen molar-refractivity contribution < 1.29 is 14.3 Å². The summed E-state index contributed by atoms with van der Waals surface area (Å²) in [6.45, 7) is 5.68. The van der Waals surface area contributed by atoms with Gasteiger partial charge in [0.15, 0.2) is 6.10 Å². The number of nitrogens with one attached hydrogen (secondary N) is 1. The van der Waals surface area contributed by atoms with Crippen molar-refractivity contribution in [2.45, 2.75) is 32.9 Å². The second-order valence-corrected chi connectivity index (χ2v) is 5.58. The maximum atomic E-state index is 12.3. The first kappa shape index (κ1) is 16.9. The lowest BCUT2D eigenvalue weighted by Gasteiger charge is -2.19. The van der Waals surface area contributed by atoms with E-state index in [1.54, 1.807) is 14.0 Å². The number of methoxy groups -OCH3 is 1. The molecule has 2 atom stereocenters. The average Bonchev–Trinajstić information content (AvgIpc) is 2.54. The normalized spacial score (nSPS) is 13.0. The summed E-state index contributed by atoms with van der Waals surface area (Å²) in [5.41, 5.74) is 2.11. The van der Waals surface area contributed by atoms with Crippen LogP contribution in [0.2, 0.25) is 0 Å². The summed E-state index contributed by atoms with van der Waals surface area (Å²) >= 11 is 0. The van der Waals surface area contributed by atoms with Gasteiger partial charge in [-0.05, 0) is 56.2 Å². The molecule has 0 aliphatic heterocycles. The van der Waals surface area contributed by atoms with Crippen LogP contribution in [-0.2, 0) is 4.79 Å². The number of aryl methyl sites for hydroxylation is 1. The molecule has 0 heterocycles. The lowest BCUT2D eigenvalue weighted by molar-refractivity contribution is -0.127. The number of carbonyl (C=O) groups is 1. The van der Waals surface area contributed by atoms with E-state index in [0.29, 0.717) is 5.75 Å². The minimum Gasteiger partial charge on any atom is -0.497 e. The molecule has 0 radical (unpaired) electrons. The van der Waals surface area contributed by atoms with Crippen molar-refractivity contribution in [1.82, 2.24) is 5.32 Å². The van der Waals surface area contributed by atoms with Crippen LogP contribution in [-0.4, -0.2) is 19.1 Å². The van der Waals surface area contributed by atoms with Crippen molar-refractivity contribution in [2.75, 3.05) is 7.11 Å². The Hall–Kier alpha value is -2.49. The molecular weight excluding hydrogens is 290 g/mol. The number of amides is 1. The average molecular weight is 313 g/mol. The van der Waals surface area contributed by atoms with E-state index in [2.05, 4.69) is 5.32 Å². The summed E-state index contributed by atoms with van der Waals surface area (Å²) in [7, 11) is 1.63. The van der Waals surface area contributed by atoms with Gasteiger partial charge in [0.25, 0.3) is 5.91 Å². The van der Waals surface area contributed by atoms with Gasteiger partial charge in [-0.15, -0.1) is 0 Å². The van der Waals surface area contributed by atoms with E-state index in [-0.39, 0.29) is 11.9 Å². The van der Waals surface area contributed by atoms with E-state index in [4.69, 9.17) is 9.47 Å². The fourth-order valence-electron chi connectivity index (χ4n) is 2.25. The van der Waals surface area contributed by atoms with Gasteiger partial charge in [0.2, 0.25) is 0 Å². The van der Waals surface area contributed by atoms with E-state index in [1.165, 1.54) is 0 Å². The fourth-order valence-corrected chi connectivity index (χ4v) is 2.25. The van der Waals surface area contributed by atoms with Gasteiger partial charge >= 0.3 is 0 Å². The molecule has 1 N–H and O–H groups in total. The van der Waals surface area contributed by atoms with E-state index in [9.17, 15) is 4.79 Å². The predicted molar refractivity (Wildman–Crippen MR) is 90.8 cm³/mol. The van der Waals surface area contributed by atoms with Crippen LogP contribution in [0, 0.1) is 6.92 Å². The highest BCUT2D eigenvalue weighted by atomic mass is 16.5. The Labute approximate surface area is 137 Å². The monoisotopic (exact) mass is 313 g/mol. The largest absolute Gasteiger partial charge is 0.497 e. The zero-order chi connectivity index (χ0) is 16.8. The van der Waals surface area contributed by atoms with Crippen molar-refractivity contribution in [3.8, 4) is 11.5 Å². The highest BCUT2D eigenvalue weighted by Gasteiger charge is 2.17. The molecule has 2 aromatic carbocycles. The van der Waals surface area contributed by atoms with Crippen LogP contribution in [0.3, 0.4) is 0 Å². The van der Waals surface area contributed by atoms with Crippen LogP contribution in [0.4, 0.5) is 0 Å². The van der Waals surface area contributed by atoms with Gasteiger partial charge in [0.05, 0.1) is 13.2 Å². The molecule has 0 bridgehead atoms. The predicted octanol–water partition coefficient (Wildman–Crippen LogP) is 3.65. The lowest BCUT2D eigenvalue weighted by Crippen LogP contribution is -2.37. The van der Waals surface area contributed by atoms with Gasteiger partial charge in [0.1, 0.15) is 11.5 Å². The van der Waals surface area contributed by atoms with Gasteiger partial charge in [0, 0.05) is 0 Å². The number of rotatable bonds is 6. The van der Waals surface area contributed by atoms with E-state index < -0.39 is 6.10 Å². The standard InChI is InChI=1S/C19H23NO3/c1-13-6-5-7-18(12-13)23-15(3)19(21)20-14(2)16-8-10-17(22-4)11-9-16/h5-12,14-15H,1-4H3,(H,20,21)/t14-,15-/m0/s1. The Morgan fingerprint density at radius 3 is 2.35 bits per heavy atom. The molecule has 0 unspecified atom stereocenters. The van der Waals surface area contributed by atoms with Crippen molar-refractivity contribution in [3.63, 3.8) is 0 Å². The highest BCUT2D eigenvalue weighted by Crippen LogP contribution is 2.18. The third kappa shape index (κ3) is 4.74. The molecule has 4 heteroatoms. The van der Waals surface area contributed by atoms with Gasteiger partial charge in [-0.25, -0.2) is 0 Å². The molecule has 0 aromatic heterocycles. The Kier molecular flexibility index (Phi) is 5.63.